The van der Waals surface area contributed by atoms with Gasteiger partial charge in [0.2, 0.25) is 0 Å². The van der Waals surface area contributed by atoms with Gasteiger partial charge in [0.15, 0.2) is 0 Å². The van der Waals surface area contributed by atoms with Crippen molar-refractivity contribution in [3.8, 4) is 0 Å². The predicted molar refractivity (Wildman–Crippen MR) is 44.1 cm³/mol. The number of hydrogen-bond acceptors (Lipinski definition) is 2. The van der Waals surface area contributed by atoms with Crippen LogP contribution in [0.25, 0.3) is 0 Å². The highest BCUT2D eigenvalue weighted by Crippen LogP contribution is 2.60. The van der Waals surface area contributed by atoms with Gasteiger partial charge in [-0.25, -0.2) is 0 Å². The minimum atomic E-state index is 0.291. The van der Waals surface area contributed by atoms with Crippen LogP contribution in [0.2, 0.25) is 0 Å². The quantitative estimate of drug-likeness (QED) is 0.622. The molecule has 0 radical (unpaired) electrons. The molecule has 2 fully saturated rings. The molecule has 2 heteroatoms. The van der Waals surface area contributed by atoms with Crippen LogP contribution in [-0.2, 0) is 0 Å². The molecule has 0 aromatic heterocycles. The zero-order chi connectivity index (χ0) is 7.95. The SMILES string of the molecule is NCC12CCC(CO)(CC1)C2. The Morgan fingerprint density at radius 2 is 1.64 bits per heavy atom. The molecule has 0 saturated heterocycles. The van der Waals surface area contributed by atoms with Crippen molar-refractivity contribution in [2.45, 2.75) is 32.1 Å². The fourth-order valence-electron chi connectivity index (χ4n) is 2.95. The van der Waals surface area contributed by atoms with Gasteiger partial charge in [0.25, 0.3) is 0 Å². The van der Waals surface area contributed by atoms with Crippen molar-refractivity contribution in [3.63, 3.8) is 0 Å². The Hall–Kier alpha value is -0.0800. The Morgan fingerprint density at radius 3 is 1.91 bits per heavy atom. The monoisotopic (exact) mass is 155 g/mol. The second-order valence-electron chi connectivity index (χ2n) is 4.54. The van der Waals surface area contributed by atoms with Gasteiger partial charge in [-0.2, -0.15) is 0 Å². The highest BCUT2D eigenvalue weighted by atomic mass is 16.3. The van der Waals surface area contributed by atoms with E-state index in [0.29, 0.717) is 17.4 Å². The zero-order valence-electron chi connectivity index (χ0n) is 6.97. The Morgan fingerprint density at radius 1 is 1.09 bits per heavy atom. The molecule has 2 bridgehead atoms. The van der Waals surface area contributed by atoms with E-state index in [4.69, 9.17) is 5.73 Å². The Labute approximate surface area is 67.8 Å². The summed E-state index contributed by atoms with van der Waals surface area (Å²) >= 11 is 0. The number of hydrogen-bond donors (Lipinski definition) is 2. The van der Waals surface area contributed by atoms with Crippen LogP contribution < -0.4 is 5.73 Å². The van der Waals surface area contributed by atoms with E-state index < -0.39 is 0 Å². The van der Waals surface area contributed by atoms with Gasteiger partial charge in [-0.05, 0) is 49.5 Å². The van der Waals surface area contributed by atoms with Crippen LogP contribution in [0.3, 0.4) is 0 Å². The molecule has 0 spiro atoms. The van der Waals surface area contributed by atoms with Crippen LogP contribution >= 0.6 is 0 Å². The number of rotatable bonds is 2. The number of aliphatic hydroxyl groups is 1. The van der Waals surface area contributed by atoms with E-state index in [1.165, 1.54) is 32.1 Å². The molecule has 2 aliphatic rings. The summed E-state index contributed by atoms with van der Waals surface area (Å²) < 4.78 is 0. The normalized spacial score (nSPS) is 48.5. The molecule has 0 atom stereocenters. The van der Waals surface area contributed by atoms with Crippen molar-refractivity contribution in [1.82, 2.24) is 0 Å². The molecule has 3 N–H and O–H groups in total. The van der Waals surface area contributed by atoms with E-state index >= 15 is 0 Å². The first-order valence-corrected chi connectivity index (χ1v) is 4.55. The molecule has 64 valence electrons. The van der Waals surface area contributed by atoms with Gasteiger partial charge in [-0.3, -0.25) is 0 Å². The summed E-state index contributed by atoms with van der Waals surface area (Å²) in [6.07, 6.45) is 6.11. The maximum Gasteiger partial charge on any atom is 0.0487 e. The van der Waals surface area contributed by atoms with E-state index in [1.54, 1.807) is 0 Å². The Balaban J connectivity index is 2.15. The van der Waals surface area contributed by atoms with Crippen molar-refractivity contribution in [2.24, 2.45) is 16.6 Å². The highest BCUT2D eigenvalue weighted by Gasteiger charge is 2.52. The molecule has 0 heterocycles. The van der Waals surface area contributed by atoms with Gasteiger partial charge < -0.3 is 10.8 Å². The molecule has 0 aromatic carbocycles. The van der Waals surface area contributed by atoms with Crippen molar-refractivity contribution in [2.75, 3.05) is 13.2 Å². The lowest BCUT2D eigenvalue weighted by Gasteiger charge is -2.25. The second kappa shape index (κ2) is 2.20. The maximum atomic E-state index is 9.21. The predicted octanol–water partition coefficient (Wildman–Crippen LogP) is 0.888. The Kier molecular flexibility index (Phi) is 1.52. The van der Waals surface area contributed by atoms with E-state index in [1.807, 2.05) is 0 Å². The van der Waals surface area contributed by atoms with Gasteiger partial charge in [0, 0.05) is 6.61 Å². The fourth-order valence-corrected chi connectivity index (χ4v) is 2.95. The minimum Gasteiger partial charge on any atom is -0.396 e. The molecule has 2 nitrogen and oxygen atoms in total. The van der Waals surface area contributed by atoms with E-state index in [-0.39, 0.29) is 0 Å². The van der Waals surface area contributed by atoms with Crippen LogP contribution in [0.4, 0.5) is 0 Å². The van der Waals surface area contributed by atoms with Gasteiger partial charge in [-0.1, -0.05) is 0 Å². The van der Waals surface area contributed by atoms with Crippen molar-refractivity contribution < 1.29 is 5.11 Å². The van der Waals surface area contributed by atoms with Crippen LogP contribution in [0.1, 0.15) is 32.1 Å². The summed E-state index contributed by atoms with van der Waals surface area (Å²) in [6, 6.07) is 0. The van der Waals surface area contributed by atoms with Crippen LogP contribution in [0.5, 0.6) is 0 Å². The van der Waals surface area contributed by atoms with Crippen LogP contribution in [0.15, 0.2) is 0 Å². The Bertz CT molecular complexity index is 141. The second-order valence-corrected chi connectivity index (χ2v) is 4.54. The number of nitrogens with two attached hydrogens (primary N) is 1. The first-order chi connectivity index (χ1) is 5.24. The first-order valence-electron chi connectivity index (χ1n) is 4.55. The van der Waals surface area contributed by atoms with Crippen molar-refractivity contribution >= 4 is 0 Å². The lowest BCUT2D eigenvalue weighted by atomic mass is 9.82. The maximum absolute atomic E-state index is 9.21. The minimum absolute atomic E-state index is 0.291. The molecule has 2 saturated carbocycles. The van der Waals surface area contributed by atoms with Gasteiger partial charge in [0.05, 0.1) is 0 Å². The summed E-state index contributed by atoms with van der Waals surface area (Å²) in [5, 5.41) is 9.21. The summed E-state index contributed by atoms with van der Waals surface area (Å²) in [7, 11) is 0. The lowest BCUT2D eigenvalue weighted by molar-refractivity contribution is 0.133. The summed E-state index contributed by atoms with van der Waals surface area (Å²) in [5.41, 5.74) is 6.46. The average Bonchev–Trinajstić information content (AvgIpc) is 2.61. The van der Waals surface area contributed by atoms with Gasteiger partial charge in [0.1, 0.15) is 0 Å². The topological polar surface area (TPSA) is 46.2 Å². The van der Waals surface area contributed by atoms with Crippen molar-refractivity contribution in [3.05, 3.63) is 0 Å². The molecular formula is C9H17NO. The standard InChI is InChI=1S/C9H17NO/c10-6-8-1-3-9(5-8,7-11)4-2-8/h11H,1-7,10H2. The smallest absolute Gasteiger partial charge is 0.0487 e. The van der Waals surface area contributed by atoms with E-state index in [9.17, 15) is 5.11 Å². The zero-order valence-corrected chi connectivity index (χ0v) is 6.97. The van der Waals surface area contributed by atoms with Crippen LogP contribution in [0, 0.1) is 10.8 Å². The average molecular weight is 155 g/mol. The largest absolute Gasteiger partial charge is 0.396 e. The molecular weight excluding hydrogens is 138 g/mol. The summed E-state index contributed by atoms with van der Waals surface area (Å²) in [6.45, 7) is 1.21. The van der Waals surface area contributed by atoms with E-state index in [0.717, 1.165) is 6.54 Å². The lowest BCUT2D eigenvalue weighted by Crippen LogP contribution is -2.25. The van der Waals surface area contributed by atoms with Crippen molar-refractivity contribution in [1.29, 1.82) is 0 Å². The van der Waals surface area contributed by atoms with Gasteiger partial charge >= 0.3 is 0 Å². The summed E-state index contributed by atoms with van der Waals surface area (Å²) in [5.74, 6) is 0. The summed E-state index contributed by atoms with van der Waals surface area (Å²) in [4.78, 5) is 0. The van der Waals surface area contributed by atoms with Crippen LogP contribution in [-0.4, -0.2) is 18.3 Å². The molecule has 0 amide bonds. The van der Waals surface area contributed by atoms with Gasteiger partial charge in [-0.15, -0.1) is 0 Å². The first kappa shape index (κ1) is 7.56. The number of fused-ring (bicyclic) bond motifs is 2. The third kappa shape index (κ3) is 0.926. The molecule has 0 aromatic rings. The third-order valence-corrected chi connectivity index (χ3v) is 3.89. The molecule has 11 heavy (non-hydrogen) atoms. The third-order valence-electron chi connectivity index (χ3n) is 3.89. The molecule has 0 aliphatic heterocycles. The molecule has 0 unspecified atom stereocenters. The molecule has 2 aliphatic carbocycles. The number of aliphatic hydroxyl groups excluding tert-OH is 1. The highest BCUT2D eigenvalue weighted by molar-refractivity contribution is 5.04. The fraction of sp³-hybridized carbons (Fsp3) is 1.00. The van der Waals surface area contributed by atoms with E-state index in [2.05, 4.69) is 0 Å². The molecule has 2 rings (SSSR count).